The molecule has 0 aliphatic carbocycles. The molecule has 1 aliphatic heterocycles. The molecule has 1 fully saturated rings. The summed E-state index contributed by atoms with van der Waals surface area (Å²) in [6.45, 7) is 4.79. The third-order valence-electron chi connectivity index (χ3n) is 4.45. The van der Waals surface area contributed by atoms with E-state index in [9.17, 15) is 9.59 Å². The molecule has 5 nitrogen and oxygen atoms in total. The molecule has 0 spiro atoms. The molecule has 3 rings (SSSR count). The van der Waals surface area contributed by atoms with E-state index in [-0.39, 0.29) is 11.8 Å². The summed E-state index contributed by atoms with van der Waals surface area (Å²) >= 11 is 0. The highest BCUT2D eigenvalue weighted by atomic mass is 16.2. The minimum Gasteiger partial charge on any atom is -0.368 e. The van der Waals surface area contributed by atoms with Crippen molar-refractivity contribution in [2.75, 3.05) is 36.4 Å². The normalized spacial score (nSPS) is 14.3. The Kier molecular flexibility index (Phi) is 5.33. The number of benzene rings is 2. The number of nitrogens with zero attached hydrogens (tertiary/aromatic N) is 2. The third kappa shape index (κ3) is 4.59. The van der Waals surface area contributed by atoms with Gasteiger partial charge in [0.25, 0.3) is 0 Å². The number of anilines is 2. The molecule has 2 aromatic rings. The van der Waals surface area contributed by atoms with Crippen molar-refractivity contribution in [1.82, 2.24) is 4.90 Å². The lowest BCUT2D eigenvalue weighted by molar-refractivity contribution is -0.129. The second kappa shape index (κ2) is 7.83. The molecule has 1 N–H and O–H groups in total. The minimum atomic E-state index is -0.0194. The number of carbonyl (C=O) groups excluding carboxylic acids is 2. The topological polar surface area (TPSA) is 52.7 Å². The van der Waals surface area contributed by atoms with Gasteiger partial charge in [-0.05, 0) is 29.8 Å². The van der Waals surface area contributed by atoms with Gasteiger partial charge in [-0.25, -0.2) is 0 Å². The van der Waals surface area contributed by atoms with Gasteiger partial charge in [-0.2, -0.15) is 0 Å². The Morgan fingerprint density at radius 3 is 2.16 bits per heavy atom. The molecule has 0 bridgehead atoms. The van der Waals surface area contributed by atoms with Crippen LogP contribution >= 0.6 is 0 Å². The number of nitrogens with one attached hydrogen (secondary N) is 1. The van der Waals surface area contributed by atoms with Crippen molar-refractivity contribution in [3.05, 3.63) is 60.2 Å². The van der Waals surface area contributed by atoms with Crippen LogP contribution < -0.4 is 10.2 Å². The summed E-state index contributed by atoms with van der Waals surface area (Å²) in [5.41, 5.74) is 2.91. The zero-order valence-electron chi connectivity index (χ0n) is 14.4. The van der Waals surface area contributed by atoms with Crippen molar-refractivity contribution in [1.29, 1.82) is 0 Å². The smallest absolute Gasteiger partial charge is 0.228 e. The van der Waals surface area contributed by atoms with Crippen LogP contribution in [0.5, 0.6) is 0 Å². The van der Waals surface area contributed by atoms with Gasteiger partial charge in [0.05, 0.1) is 6.42 Å². The fraction of sp³-hybridized carbons (Fsp3) is 0.300. The molecule has 2 amide bonds. The molecule has 1 heterocycles. The largest absolute Gasteiger partial charge is 0.368 e. The van der Waals surface area contributed by atoms with Gasteiger partial charge >= 0.3 is 0 Å². The van der Waals surface area contributed by atoms with Crippen LogP contribution in [0.2, 0.25) is 0 Å². The van der Waals surface area contributed by atoms with Gasteiger partial charge in [-0.1, -0.05) is 30.3 Å². The second-order valence-corrected chi connectivity index (χ2v) is 6.25. The molecule has 1 saturated heterocycles. The Bertz CT molecular complexity index is 720. The summed E-state index contributed by atoms with van der Waals surface area (Å²) in [6.07, 6.45) is 0.371. The number of rotatable bonds is 4. The zero-order chi connectivity index (χ0) is 17.6. The van der Waals surface area contributed by atoms with Gasteiger partial charge in [0.15, 0.2) is 0 Å². The van der Waals surface area contributed by atoms with E-state index >= 15 is 0 Å². The summed E-state index contributed by atoms with van der Waals surface area (Å²) in [4.78, 5) is 27.6. The molecule has 0 unspecified atom stereocenters. The highest BCUT2D eigenvalue weighted by Crippen LogP contribution is 2.19. The van der Waals surface area contributed by atoms with Crippen molar-refractivity contribution in [2.24, 2.45) is 0 Å². The fourth-order valence-corrected chi connectivity index (χ4v) is 3.02. The molecule has 0 aromatic heterocycles. The molecule has 130 valence electrons. The van der Waals surface area contributed by atoms with E-state index in [2.05, 4.69) is 10.2 Å². The summed E-state index contributed by atoms with van der Waals surface area (Å²) < 4.78 is 0. The van der Waals surface area contributed by atoms with Crippen molar-refractivity contribution < 1.29 is 9.59 Å². The molecular weight excluding hydrogens is 314 g/mol. The quantitative estimate of drug-likeness (QED) is 0.933. The van der Waals surface area contributed by atoms with Gasteiger partial charge in [0, 0.05) is 44.5 Å². The minimum absolute atomic E-state index is 0.0194. The maximum absolute atomic E-state index is 12.1. The Balaban J connectivity index is 1.54. The molecule has 0 radical (unpaired) electrons. The van der Waals surface area contributed by atoms with E-state index in [1.165, 1.54) is 0 Å². The van der Waals surface area contributed by atoms with Crippen molar-refractivity contribution in [2.45, 2.75) is 13.3 Å². The highest BCUT2D eigenvalue weighted by Gasteiger charge is 2.18. The zero-order valence-corrected chi connectivity index (χ0v) is 14.4. The first-order chi connectivity index (χ1) is 12.1. The molecular formula is C20H23N3O2. The van der Waals surface area contributed by atoms with Crippen LogP contribution in [0.25, 0.3) is 0 Å². The predicted octanol–water partition coefficient (Wildman–Crippen LogP) is 2.54. The lowest BCUT2D eigenvalue weighted by atomic mass is 10.1. The van der Waals surface area contributed by atoms with Gasteiger partial charge in [-0.3, -0.25) is 9.59 Å². The maximum Gasteiger partial charge on any atom is 0.228 e. The fourth-order valence-electron chi connectivity index (χ4n) is 3.02. The average molecular weight is 337 g/mol. The highest BCUT2D eigenvalue weighted by molar-refractivity contribution is 5.92. The lowest BCUT2D eigenvalue weighted by Gasteiger charge is -2.35. The number of piperazine rings is 1. The molecule has 5 heteroatoms. The molecule has 0 atom stereocenters. The molecule has 1 aliphatic rings. The van der Waals surface area contributed by atoms with Crippen molar-refractivity contribution in [3.63, 3.8) is 0 Å². The van der Waals surface area contributed by atoms with Crippen LogP contribution in [0.1, 0.15) is 12.5 Å². The SMILES string of the molecule is CC(=O)N1CCN(c2ccc(NC(=O)Cc3ccccc3)cc2)CC1. The third-order valence-corrected chi connectivity index (χ3v) is 4.45. The summed E-state index contributed by atoms with van der Waals surface area (Å²) in [5, 5.41) is 2.93. The molecule has 2 aromatic carbocycles. The van der Waals surface area contributed by atoms with Gasteiger partial charge < -0.3 is 15.1 Å². The standard InChI is InChI=1S/C20H23N3O2/c1-16(24)22-11-13-23(14-12-22)19-9-7-18(8-10-19)21-20(25)15-17-5-3-2-4-6-17/h2-10H,11-15H2,1H3,(H,21,25). The first-order valence-corrected chi connectivity index (χ1v) is 8.56. The number of hydrogen-bond acceptors (Lipinski definition) is 3. The Labute approximate surface area is 148 Å². The van der Waals surface area contributed by atoms with Crippen LogP contribution in [0.15, 0.2) is 54.6 Å². The predicted molar refractivity (Wildman–Crippen MR) is 99.7 cm³/mol. The van der Waals surface area contributed by atoms with Crippen molar-refractivity contribution in [3.8, 4) is 0 Å². The Morgan fingerprint density at radius 1 is 0.920 bits per heavy atom. The first-order valence-electron chi connectivity index (χ1n) is 8.56. The van der Waals surface area contributed by atoms with E-state index < -0.39 is 0 Å². The van der Waals surface area contributed by atoms with E-state index in [0.29, 0.717) is 6.42 Å². The Hall–Kier alpha value is -2.82. The summed E-state index contributed by atoms with van der Waals surface area (Å²) in [5.74, 6) is 0.116. The van der Waals surface area contributed by atoms with E-state index in [4.69, 9.17) is 0 Å². The molecule has 0 saturated carbocycles. The van der Waals surface area contributed by atoms with Crippen LogP contribution in [0, 0.1) is 0 Å². The van der Waals surface area contributed by atoms with E-state index in [1.54, 1.807) is 6.92 Å². The second-order valence-electron chi connectivity index (χ2n) is 6.25. The van der Waals surface area contributed by atoms with Crippen LogP contribution in [-0.2, 0) is 16.0 Å². The van der Waals surface area contributed by atoms with Gasteiger partial charge in [-0.15, -0.1) is 0 Å². The van der Waals surface area contributed by atoms with Crippen molar-refractivity contribution >= 4 is 23.2 Å². The number of carbonyl (C=O) groups is 2. The van der Waals surface area contributed by atoms with E-state index in [0.717, 1.165) is 43.1 Å². The Morgan fingerprint density at radius 2 is 1.56 bits per heavy atom. The van der Waals surface area contributed by atoms with Gasteiger partial charge in [0.1, 0.15) is 0 Å². The summed E-state index contributed by atoms with van der Waals surface area (Å²) in [6, 6.07) is 17.6. The molecule has 25 heavy (non-hydrogen) atoms. The number of amides is 2. The van der Waals surface area contributed by atoms with Crippen LogP contribution in [0.3, 0.4) is 0 Å². The van der Waals surface area contributed by atoms with Crippen LogP contribution in [-0.4, -0.2) is 42.9 Å². The average Bonchev–Trinajstić information content (AvgIpc) is 2.63. The number of hydrogen-bond donors (Lipinski definition) is 1. The lowest BCUT2D eigenvalue weighted by Crippen LogP contribution is -2.48. The van der Waals surface area contributed by atoms with Gasteiger partial charge in [0.2, 0.25) is 11.8 Å². The summed E-state index contributed by atoms with van der Waals surface area (Å²) in [7, 11) is 0. The van der Waals surface area contributed by atoms with E-state index in [1.807, 2.05) is 59.5 Å². The maximum atomic E-state index is 12.1. The first kappa shape index (κ1) is 17.0. The monoisotopic (exact) mass is 337 g/mol. The van der Waals surface area contributed by atoms with Crippen LogP contribution in [0.4, 0.5) is 11.4 Å².